The van der Waals surface area contributed by atoms with Crippen LogP contribution in [0.1, 0.15) is 134 Å². The lowest BCUT2D eigenvalue weighted by molar-refractivity contribution is -0.134. The summed E-state index contributed by atoms with van der Waals surface area (Å²) >= 11 is 0. The number of carbonyl (C=O) groups excluding carboxylic acids is 5. The fourth-order valence-electron chi connectivity index (χ4n) is 8.04. The number of unbranched alkanes of at least 4 members (excludes halogenated alkanes) is 12. The predicted octanol–water partition coefficient (Wildman–Crippen LogP) is 5.82. The molecule has 2 heterocycles. The minimum atomic E-state index is -1.16. The molecule has 0 aliphatic rings. The molecule has 14 heteroatoms. The molecule has 0 aliphatic heterocycles. The van der Waals surface area contributed by atoms with Crippen LogP contribution in [0.25, 0.3) is 21.8 Å². The standard InChI is InChI=1S/C48H73N9O5/c1-2-3-4-5-6-7-8-9-10-11-12-13-14-27-44(58)54-40(25-19-28-49)46(60)55-41(26-20-29-50)47(61)57-43(31-35-33-53-39-24-18-16-22-37(35)39)48(62)56-42(45(51)59)30-34-32-52-38-23-17-15-21-36(34)38/h15-18,21-24,32-33,40-43,52-53H,2-14,19-20,25-31,49-50H2,1H3,(H2,51,59)(H,54,58)(H,55,60)(H,56,62)(H,57,61)/t40-,41-,42-,43-/m0/s1. The zero-order valence-electron chi connectivity index (χ0n) is 36.9. The van der Waals surface area contributed by atoms with Gasteiger partial charge in [0.1, 0.15) is 24.2 Å². The normalized spacial score (nSPS) is 13.3. The maximum Gasteiger partial charge on any atom is 0.243 e. The molecule has 0 aliphatic carbocycles. The van der Waals surface area contributed by atoms with Gasteiger partial charge >= 0.3 is 0 Å². The number of amides is 5. The van der Waals surface area contributed by atoms with Gasteiger partial charge in [0.2, 0.25) is 29.5 Å². The lowest BCUT2D eigenvalue weighted by Crippen LogP contribution is -2.58. The van der Waals surface area contributed by atoms with Crippen molar-refractivity contribution in [1.29, 1.82) is 0 Å². The van der Waals surface area contributed by atoms with Gasteiger partial charge < -0.3 is 48.4 Å². The summed E-state index contributed by atoms with van der Waals surface area (Å²) in [7, 11) is 0. The van der Waals surface area contributed by atoms with Crippen LogP contribution in [0.4, 0.5) is 0 Å². The van der Waals surface area contributed by atoms with Crippen molar-refractivity contribution < 1.29 is 24.0 Å². The maximum atomic E-state index is 14.2. The highest BCUT2D eigenvalue weighted by molar-refractivity contribution is 5.96. The van der Waals surface area contributed by atoms with E-state index in [1.165, 1.54) is 57.8 Å². The van der Waals surface area contributed by atoms with Gasteiger partial charge in [-0.1, -0.05) is 120 Å². The Labute approximate surface area is 367 Å². The molecule has 0 saturated heterocycles. The minimum Gasteiger partial charge on any atom is -0.368 e. The number of nitrogens with two attached hydrogens (primary N) is 3. The monoisotopic (exact) mass is 856 g/mol. The molecule has 12 N–H and O–H groups in total. The summed E-state index contributed by atoms with van der Waals surface area (Å²) < 4.78 is 0. The van der Waals surface area contributed by atoms with Crippen LogP contribution >= 0.6 is 0 Å². The van der Waals surface area contributed by atoms with E-state index in [1.807, 2.05) is 48.5 Å². The Balaban J connectivity index is 1.38. The highest BCUT2D eigenvalue weighted by Crippen LogP contribution is 2.21. The van der Waals surface area contributed by atoms with Crippen molar-refractivity contribution in [2.75, 3.05) is 13.1 Å². The summed E-state index contributed by atoms with van der Waals surface area (Å²) in [5.41, 5.74) is 20.8. The third-order valence-corrected chi connectivity index (χ3v) is 11.7. The molecule has 0 unspecified atom stereocenters. The van der Waals surface area contributed by atoms with Gasteiger partial charge in [0.25, 0.3) is 0 Å². The van der Waals surface area contributed by atoms with Crippen molar-refractivity contribution in [3.63, 3.8) is 0 Å². The minimum absolute atomic E-state index is 0.0755. The summed E-state index contributed by atoms with van der Waals surface area (Å²) in [6.07, 6.45) is 21.1. The van der Waals surface area contributed by atoms with Crippen molar-refractivity contribution >= 4 is 51.3 Å². The second kappa shape index (κ2) is 27.7. The van der Waals surface area contributed by atoms with E-state index in [1.54, 1.807) is 12.4 Å². The van der Waals surface area contributed by atoms with Crippen LogP contribution in [0.5, 0.6) is 0 Å². The first-order chi connectivity index (χ1) is 30.1. The van der Waals surface area contributed by atoms with Gasteiger partial charge in [0, 0.05) is 53.5 Å². The van der Waals surface area contributed by atoms with Gasteiger partial charge in [-0.25, -0.2) is 0 Å². The van der Waals surface area contributed by atoms with Gasteiger partial charge in [0.05, 0.1) is 0 Å². The molecule has 0 bridgehead atoms. The summed E-state index contributed by atoms with van der Waals surface area (Å²) in [6, 6.07) is 11.0. The van der Waals surface area contributed by atoms with Crippen LogP contribution < -0.4 is 38.5 Å². The number of aromatic nitrogens is 2. The van der Waals surface area contributed by atoms with Crippen molar-refractivity contribution in [2.45, 2.75) is 160 Å². The third kappa shape index (κ3) is 16.6. The van der Waals surface area contributed by atoms with Crippen LogP contribution in [0, 0.1) is 0 Å². The molecular formula is C48H73N9O5. The molecule has 2 aromatic carbocycles. The number of hydrogen-bond donors (Lipinski definition) is 9. The summed E-state index contributed by atoms with van der Waals surface area (Å²) in [5, 5.41) is 13.2. The molecule has 2 aromatic heterocycles. The fraction of sp³-hybridized carbons (Fsp3) is 0.562. The maximum absolute atomic E-state index is 14.2. The first-order valence-electron chi connectivity index (χ1n) is 23.1. The number of aromatic amines is 2. The first-order valence-corrected chi connectivity index (χ1v) is 23.1. The summed E-state index contributed by atoms with van der Waals surface area (Å²) in [5.74, 6) is -2.68. The lowest BCUT2D eigenvalue weighted by Gasteiger charge is -2.26. The number of rotatable bonds is 32. The first kappa shape index (κ1) is 49.4. The molecule has 0 radical (unpaired) electrons. The Kier molecular flexibility index (Phi) is 22.1. The lowest BCUT2D eigenvalue weighted by atomic mass is 10.0. The van der Waals surface area contributed by atoms with Crippen molar-refractivity contribution in [3.05, 3.63) is 72.1 Å². The molecule has 5 amide bonds. The third-order valence-electron chi connectivity index (χ3n) is 11.7. The second-order valence-electron chi connectivity index (χ2n) is 16.7. The number of hydrogen-bond acceptors (Lipinski definition) is 7. The van der Waals surface area contributed by atoms with Gasteiger partial charge in [-0.2, -0.15) is 0 Å². The highest BCUT2D eigenvalue weighted by atomic mass is 16.2. The molecular weight excluding hydrogens is 783 g/mol. The van der Waals surface area contributed by atoms with Crippen LogP contribution in [0.2, 0.25) is 0 Å². The predicted molar refractivity (Wildman–Crippen MR) is 248 cm³/mol. The number of nitrogens with one attached hydrogen (secondary N) is 6. The van der Waals surface area contributed by atoms with Crippen LogP contribution in [-0.2, 0) is 36.8 Å². The molecule has 4 atom stereocenters. The Morgan fingerprint density at radius 3 is 1.40 bits per heavy atom. The van der Waals surface area contributed by atoms with Crippen LogP contribution in [0.3, 0.4) is 0 Å². The average molecular weight is 856 g/mol. The number of para-hydroxylation sites is 2. The zero-order valence-corrected chi connectivity index (χ0v) is 36.9. The molecule has 0 fully saturated rings. The summed E-state index contributed by atoms with van der Waals surface area (Å²) in [6.45, 7) is 2.83. The topological polar surface area (TPSA) is 243 Å². The van der Waals surface area contributed by atoms with Crippen molar-refractivity contribution in [2.24, 2.45) is 17.2 Å². The number of carbonyl (C=O) groups is 5. The fourth-order valence-corrected chi connectivity index (χ4v) is 8.04. The van der Waals surface area contributed by atoms with E-state index >= 15 is 0 Å². The van der Waals surface area contributed by atoms with E-state index < -0.39 is 47.8 Å². The van der Waals surface area contributed by atoms with Crippen LogP contribution in [-0.4, -0.2) is 76.8 Å². The van der Waals surface area contributed by atoms with E-state index in [9.17, 15) is 24.0 Å². The van der Waals surface area contributed by atoms with Gasteiger partial charge in [0.15, 0.2) is 0 Å². The molecule has 0 spiro atoms. The summed E-state index contributed by atoms with van der Waals surface area (Å²) in [4.78, 5) is 74.4. The Morgan fingerprint density at radius 1 is 0.516 bits per heavy atom. The number of H-pyrrole nitrogens is 2. The quantitative estimate of drug-likeness (QED) is 0.0273. The van der Waals surface area contributed by atoms with Crippen molar-refractivity contribution in [3.8, 4) is 0 Å². The number of primary amides is 1. The molecule has 14 nitrogen and oxygen atoms in total. The molecule has 0 saturated carbocycles. The Morgan fingerprint density at radius 2 is 0.919 bits per heavy atom. The molecule has 4 aromatic rings. The van der Waals surface area contributed by atoms with Gasteiger partial charge in [-0.15, -0.1) is 0 Å². The Hall–Kier alpha value is -5.21. The van der Waals surface area contributed by atoms with E-state index in [0.29, 0.717) is 32.2 Å². The zero-order chi connectivity index (χ0) is 44.5. The second-order valence-corrected chi connectivity index (χ2v) is 16.7. The number of fused-ring (bicyclic) bond motifs is 2. The van der Waals surface area contributed by atoms with Crippen molar-refractivity contribution in [1.82, 2.24) is 31.2 Å². The highest BCUT2D eigenvalue weighted by Gasteiger charge is 2.32. The van der Waals surface area contributed by atoms with Crippen LogP contribution in [0.15, 0.2) is 60.9 Å². The van der Waals surface area contributed by atoms with Gasteiger partial charge in [-0.3, -0.25) is 24.0 Å². The Bertz CT molecular complexity index is 1980. The van der Waals surface area contributed by atoms with E-state index in [4.69, 9.17) is 17.2 Å². The smallest absolute Gasteiger partial charge is 0.243 e. The van der Waals surface area contributed by atoms with E-state index in [0.717, 1.165) is 58.6 Å². The molecule has 4 rings (SSSR count). The SMILES string of the molecule is CCCCCCCCCCCCCCCC(=O)N[C@@H](CCCN)C(=O)N[C@@H](CCCN)C(=O)N[C@@H](Cc1c[nH]c2ccccc12)C(=O)N[C@@H](Cc1c[nH]c2ccccc12)C(N)=O. The van der Waals surface area contributed by atoms with E-state index in [2.05, 4.69) is 38.2 Å². The largest absolute Gasteiger partial charge is 0.368 e. The average Bonchev–Trinajstić information content (AvgIpc) is 3.88. The number of benzene rings is 2. The van der Waals surface area contributed by atoms with Gasteiger partial charge in [-0.05, 0) is 68.5 Å². The molecule has 340 valence electrons. The molecule has 62 heavy (non-hydrogen) atoms. The van der Waals surface area contributed by atoms with E-state index in [-0.39, 0.29) is 31.7 Å².